The van der Waals surface area contributed by atoms with E-state index in [0.29, 0.717) is 0 Å². The van der Waals surface area contributed by atoms with Crippen molar-refractivity contribution in [3.8, 4) is 5.75 Å². The predicted molar refractivity (Wildman–Crippen MR) is 89.2 cm³/mol. The molecule has 0 aliphatic heterocycles. The van der Waals surface area contributed by atoms with Crippen LogP contribution in [0.15, 0.2) is 54.2 Å². The van der Waals surface area contributed by atoms with E-state index in [1.54, 1.807) is 18.4 Å². The van der Waals surface area contributed by atoms with Crippen LogP contribution in [0, 0.1) is 0 Å². The Bertz CT molecular complexity index is 721. The molecule has 1 unspecified atom stereocenters. The van der Waals surface area contributed by atoms with Crippen molar-refractivity contribution in [2.24, 2.45) is 7.05 Å². The number of para-hydroxylation sites is 1. The summed E-state index contributed by atoms with van der Waals surface area (Å²) in [5.74, 6) is 1.84. The van der Waals surface area contributed by atoms with Crippen LogP contribution in [0.3, 0.4) is 0 Å². The Labute approximate surface area is 134 Å². The van der Waals surface area contributed by atoms with Gasteiger partial charge in [0.15, 0.2) is 0 Å². The van der Waals surface area contributed by atoms with Gasteiger partial charge in [0, 0.05) is 36.4 Å². The minimum absolute atomic E-state index is 0.0155. The third kappa shape index (κ3) is 3.05. The zero-order chi connectivity index (χ0) is 15.4. The highest BCUT2D eigenvalue weighted by Crippen LogP contribution is 2.29. The number of aryl methyl sites for hydroxylation is 1. The highest BCUT2D eigenvalue weighted by molar-refractivity contribution is 7.09. The van der Waals surface area contributed by atoms with Crippen molar-refractivity contribution in [2.45, 2.75) is 12.6 Å². The van der Waals surface area contributed by atoms with Gasteiger partial charge in [-0.1, -0.05) is 24.3 Å². The molecule has 0 saturated carbocycles. The molecule has 22 heavy (non-hydrogen) atoms. The molecule has 4 nitrogen and oxygen atoms in total. The van der Waals surface area contributed by atoms with Crippen LogP contribution in [0.5, 0.6) is 5.75 Å². The van der Waals surface area contributed by atoms with E-state index in [9.17, 15) is 0 Å². The van der Waals surface area contributed by atoms with Gasteiger partial charge in [-0.25, -0.2) is 4.98 Å². The van der Waals surface area contributed by atoms with Crippen LogP contribution in [0.1, 0.15) is 22.3 Å². The van der Waals surface area contributed by atoms with Crippen LogP contribution < -0.4 is 10.1 Å². The second-order valence-electron chi connectivity index (χ2n) is 5.03. The lowest BCUT2D eigenvalue weighted by Crippen LogP contribution is -2.25. The van der Waals surface area contributed by atoms with Crippen LogP contribution in [0.4, 0.5) is 0 Å². The Morgan fingerprint density at radius 3 is 2.82 bits per heavy atom. The number of hydrogen-bond donors (Lipinski definition) is 1. The summed E-state index contributed by atoms with van der Waals surface area (Å²) in [6, 6.07) is 12.3. The van der Waals surface area contributed by atoms with Crippen molar-refractivity contribution in [2.75, 3.05) is 7.11 Å². The van der Waals surface area contributed by atoms with E-state index in [2.05, 4.69) is 33.9 Å². The van der Waals surface area contributed by atoms with Crippen LogP contribution >= 0.6 is 11.3 Å². The third-order valence-electron chi connectivity index (χ3n) is 3.63. The number of rotatable bonds is 6. The number of benzene rings is 1. The normalized spacial score (nSPS) is 12.3. The van der Waals surface area contributed by atoms with Crippen molar-refractivity contribution in [1.29, 1.82) is 0 Å². The maximum atomic E-state index is 5.53. The van der Waals surface area contributed by atoms with Crippen molar-refractivity contribution >= 4 is 11.3 Å². The van der Waals surface area contributed by atoms with Crippen molar-refractivity contribution in [3.63, 3.8) is 0 Å². The molecule has 0 saturated heterocycles. The average Bonchev–Trinajstić information content (AvgIpc) is 3.20. The molecule has 5 heteroatoms. The third-order valence-corrected chi connectivity index (χ3v) is 4.50. The molecule has 2 heterocycles. The SMILES string of the molecule is COc1ccccc1C(NCc1cccs1)c1nccn1C. The molecule has 0 fully saturated rings. The van der Waals surface area contributed by atoms with Crippen LogP contribution in [0.2, 0.25) is 0 Å². The Morgan fingerprint density at radius 1 is 1.27 bits per heavy atom. The molecule has 0 bridgehead atoms. The molecular formula is C17H19N3OS. The Kier molecular flexibility index (Phi) is 4.56. The lowest BCUT2D eigenvalue weighted by Gasteiger charge is -2.21. The fourth-order valence-electron chi connectivity index (χ4n) is 2.52. The number of ether oxygens (including phenoxy) is 1. The standard InChI is InChI=1S/C17H19N3OS/c1-20-10-9-18-17(20)16(19-12-13-6-5-11-22-13)14-7-3-4-8-15(14)21-2/h3-11,16,19H,12H2,1-2H3. The minimum atomic E-state index is -0.0155. The second-order valence-corrected chi connectivity index (χ2v) is 6.06. The first kappa shape index (κ1) is 14.8. The summed E-state index contributed by atoms with van der Waals surface area (Å²) >= 11 is 1.75. The fourth-order valence-corrected chi connectivity index (χ4v) is 3.17. The molecule has 2 aromatic heterocycles. The van der Waals surface area contributed by atoms with Gasteiger partial charge < -0.3 is 9.30 Å². The summed E-state index contributed by atoms with van der Waals surface area (Å²) in [7, 11) is 3.71. The van der Waals surface area contributed by atoms with Crippen LogP contribution in [-0.2, 0) is 13.6 Å². The van der Waals surface area contributed by atoms with Gasteiger partial charge in [0.2, 0.25) is 0 Å². The smallest absolute Gasteiger partial charge is 0.130 e. The fraction of sp³-hybridized carbons (Fsp3) is 0.235. The second kappa shape index (κ2) is 6.77. The predicted octanol–water partition coefficient (Wildman–Crippen LogP) is 3.37. The van der Waals surface area contributed by atoms with Gasteiger partial charge in [0.05, 0.1) is 13.2 Å². The molecule has 1 atom stereocenters. The van der Waals surface area contributed by atoms with Crippen LogP contribution in [-0.4, -0.2) is 16.7 Å². The van der Waals surface area contributed by atoms with E-state index >= 15 is 0 Å². The highest BCUT2D eigenvalue weighted by Gasteiger charge is 2.21. The molecule has 0 aliphatic carbocycles. The lowest BCUT2D eigenvalue weighted by atomic mass is 10.0. The number of nitrogens with zero attached hydrogens (tertiary/aromatic N) is 2. The molecule has 1 aromatic carbocycles. The summed E-state index contributed by atoms with van der Waals surface area (Å²) in [6.07, 6.45) is 3.79. The highest BCUT2D eigenvalue weighted by atomic mass is 32.1. The Balaban J connectivity index is 1.94. The maximum Gasteiger partial charge on any atom is 0.130 e. The number of hydrogen-bond acceptors (Lipinski definition) is 4. The van der Waals surface area contributed by atoms with E-state index in [1.807, 2.05) is 42.2 Å². The number of nitrogens with one attached hydrogen (secondary N) is 1. The van der Waals surface area contributed by atoms with Gasteiger partial charge in [0.1, 0.15) is 11.6 Å². The Morgan fingerprint density at radius 2 is 2.14 bits per heavy atom. The van der Waals surface area contributed by atoms with Crippen molar-refractivity contribution in [1.82, 2.24) is 14.9 Å². The number of methoxy groups -OCH3 is 1. The lowest BCUT2D eigenvalue weighted by molar-refractivity contribution is 0.401. The molecule has 114 valence electrons. The maximum absolute atomic E-state index is 5.53. The van der Waals surface area contributed by atoms with E-state index < -0.39 is 0 Å². The molecule has 3 rings (SSSR count). The first-order chi connectivity index (χ1) is 10.8. The van der Waals surface area contributed by atoms with Gasteiger partial charge in [-0.2, -0.15) is 0 Å². The quantitative estimate of drug-likeness (QED) is 0.758. The molecule has 1 N–H and O–H groups in total. The molecule has 0 amide bonds. The topological polar surface area (TPSA) is 39.1 Å². The summed E-state index contributed by atoms with van der Waals surface area (Å²) in [4.78, 5) is 5.82. The van der Waals surface area contributed by atoms with E-state index in [4.69, 9.17) is 4.74 Å². The van der Waals surface area contributed by atoms with Gasteiger partial charge in [-0.05, 0) is 17.5 Å². The summed E-state index contributed by atoms with van der Waals surface area (Å²) in [5.41, 5.74) is 1.09. The number of imidazole rings is 1. The number of aromatic nitrogens is 2. The molecular weight excluding hydrogens is 294 g/mol. The summed E-state index contributed by atoms with van der Waals surface area (Å²) in [6.45, 7) is 0.799. The van der Waals surface area contributed by atoms with E-state index in [0.717, 1.165) is 23.7 Å². The average molecular weight is 313 g/mol. The molecule has 0 aliphatic rings. The number of thiophene rings is 1. The minimum Gasteiger partial charge on any atom is -0.496 e. The van der Waals surface area contributed by atoms with Crippen molar-refractivity contribution in [3.05, 3.63) is 70.4 Å². The van der Waals surface area contributed by atoms with Gasteiger partial charge >= 0.3 is 0 Å². The van der Waals surface area contributed by atoms with Crippen LogP contribution in [0.25, 0.3) is 0 Å². The van der Waals surface area contributed by atoms with Gasteiger partial charge in [0.25, 0.3) is 0 Å². The van der Waals surface area contributed by atoms with E-state index in [-0.39, 0.29) is 6.04 Å². The summed E-state index contributed by atoms with van der Waals surface area (Å²) in [5, 5.41) is 5.70. The zero-order valence-electron chi connectivity index (χ0n) is 12.7. The zero-order valence-corrected chi connectivity index (χ0v) is 13.5. The monoisotopic (exact) mass is 313 g/mol. The largest absolute Gasteiger partial charge is 0.496 e. The van der Waals surface area contributed by atoms with E-state index in [1.165, 1.54) is 4.88 Å². The molecule has 0 spiro atoms. The first-order valence-electron chi connectivity index (χ1n) is 7.15. The summed E-state index contributed by atoms with van der Waals surface area (Å²) < 4.78 is 7.57. The first-order valence-corrected chi connectivity index (χ1v) is 8.03. The molecule has 3 aromatic rings. The molecule has 0 radical (unpaired) electrons. The Hall–Kier alpha value is -2.11. The van der Waals surface area contributed by atoms with Gasteiger partial charge in [-0.3, -0.25) is 5.32 Å². The van der Waals surface area contributed by atoms with Gasteiger partial charge in [-0.15, -0.1) is 11.3 Å². The van der Waals surface area contributed by atoms with Crippen molar-refractivity contribution < 1.29 is 4.74 Å².